The first-order chi connectivity index (χ1) is 20.8. The number of H-pyrrole nitrogens is 1. The van der Waals surface area contributed by atoms with E-state index >= 15 is 0 Å². The van der Waals surface area contributed by atoms with Gasteiger partial charge in [-0.1, -0.05) is 18.2 Å². The summed E-state index contributed by atoms with van der Waals surface area (Å²) in [5.74, 6) is 1.93. The third-order valence-corrected chi connectivity index (χ3v) is 10.8. The molecule has 1 saturated heterocycles. The molecule has 43 heavy (non-hydrogen) atoms. The van der Waals surface area contributed by atoms with Crippen LogP contribution in [0, 0.1) is 5.92 Å². The van der Waals surface area contributed by atoms with Crippen LogP contribution in [0.1, 0.15) is 53.3 Å². The summed E-state index contributed by atoms with van der Waals surface area (Å²) in [6.45, 7) is 2.35. The third kappa shape index (κ3) is 3.49. The number of aromatic nitrogens is 1. The summed E-state index contributed by atoms with van der Waals surface area (Å²) < 4.78 is 6.71. The number of nitrogens with two attached hydrogens (primary N) is 1. The number of rotatable bonds is 5. The van der Waals surface area contributed by atoms with Crippen LogP contribution in [-0.2, 0) is 24.8 Å². The zero-order chi connectivity index (χ0) is 29.1. The van der Waals surface area contributed by atoms with E-state index in [1.165, 1.54) is 18.4 Å². The van der Waals surface area contributed by atoms with Crippen LogP contribution < -0.4 is 15.8 Å². The number of nitrogens with zero attached hydrogens (tertiary/aromatic N) is 2. The van der Waals surface area contributed by atoms with Crippen molar-refractivity contribution >= 4 is 22.5 Å². The van der Waals surface area contributed by atoms with E-state index in [1.54, 1.807) is 18.2 Å². The molecule has 3 aromatic carbocycles. The summed E-state index contributed by atoms with van der Waals surface area (Å²) in [5, 5.41) is 37.8. The standard InChI is InChI=1S/C34H35N5O4/c35-32(36-16-18-3-7-22(40)8-4-18)37-21-6-9-25-23(14-21)24-15-34(42)27-13-20-5-10-26(41)30-28(20)33(34,31(43-30)29(24)38-25)11-12-39(27)17-19-1-2-19/h3-10,14,19,27,31,38,40-42H,1-2,11-13,15-17H2,(H3,35,36,37)/t27-,31+,33+,34-/m1/s1. The molecular weight excluding hydrogens is 542 g/mol. The highest BCUT2D eigenvalue weighted by Gasteiger charge is 2.72. The van der Waals surface area contributed by atoms with Crippen LogP contribution in [-0.4, -0.2) is 55.9 Å². The minimum Gasteiger partial charge on any atom is -0.508 e. The molecule has 1 saturated carbocycles. The number of aliphatic hydroxyl groups is 1. The average Bonchev–Trinajstić information content (AvgIpc) is 3.64. The fraction of sp³-hybridized carbons (Fsp3) is 0.382. The van der Waals surface area contributed by atoms with Crippen molar-refractivity contribution in [2.24, 2.45) is 16.6 Å². The number of aliphatic imine (C=N–C) groups is 1. The SMILES string of the molecule is NC(=NCc1ccc(O)cc1)Nc1ccc2[nH]c3c(c2c1)C[C@@]1(O)[C@H]2Cc4ccc(O)c5c4[C@@]1(CCN2CC1CC1)[C@H]3O5. The lowest BCUT2D eigenvalue weighted by Gasteiger charge is -2.62. The molecule has 9 heteroatoms. The number of phenols is 2. The van der Waals surface area contributed by atoms with Gasteiger partial charge in [-0.25, -0.2) is 4.99 Å². The molecular formula is C34H35N5O4. The predicted octanol–water partition coefficient (Wildman–Crippen LogP) is 4.21. The van der Waals surface area contributed by atoms with Gasteiger partial charge in [0.05, 0.1) is 23.3 Å². The zero-order valence-electron chi connectivity index (χ0n) is 23.8. The summed E-state index contributed by atoms with van der Waals surface area (Å²) in [7, 11) is 0. The van der Waals surface area contributed by atoms with Gasteiger partial charge in [0.1, 0.15) is 5.75 Å². The molecule has 2 fully saturated rings. The number of likely N-dealkylation sites (tertiary alicyclic amines) is 1. The van der Waals surface area contributed by atoms with Crippen molar-refractivity contribution in [2.45, 2.75) is 61.8 Å². The number of benzene rings is 3. The Kier molecular flexibility index (Phi) is 5.10. The van der Waals surface area contributed by atoms with Crippen molar-refractivity contribution in [1.29, 1.82) is 0 Å². The highest BCUT2D eigenvalue weighted by atomic mass is 16.5. The van der Waals surface area contributed by atoms with Crippen molar-refractivity contribution in [1.82, 2.24) is 9.88 Å². The summed E-state index contributed by atoms with van der Waals surface area (Å²) in [4.78, 5) is 10.7. The second-order valence-electron chi connectivity index (χ2n) is 13.2. The van der Waals surface area contributed by atoms with E-state index in [9.17, 15) is 15.3 Å². The van der Waals surface area contributed by atoms with Crippen molar-refractivity contribution in [2.75, 3.05) is 18.4 Å². The smallest absolute Gasteiger partial charge is 0.193 e. The normalized spacial score (nSPS) is 28.8. The maximum Gasteiger partial charge on any atom is 0.193 e. The summed E-state index contributed by atoms with van der Waals surface area (Å²) in [6.07, 6.45) is 4.19. The fourth-order valence-corrected chi connectivity index (χ4v) is 8.66. The molecule has 2 aliphatic heterocycles. The van der Waals surface area contributed by atoms with Gasteiger partial charge in [0, 0.05) is 41.2 Å². The highest BCUT2D eigenvalue weighted by molar-refractivity contribution is 5.96. The van der Waals surface area contributed by atoms with Gasteiger partial charge in [0.25, 0.3) is 0 Å². The molecule has 3 heterocycles. The van der Waals surface area contributed by atoms with E-state index in [1.807, 2.05) is 30.3 Å². The van der Waals surface area contributed by atoms with E-state index in [0.29, 0.717) is 24.7 Å². The fourth-order valence-electron chi connectivity index (χ4n) is 8.66. The Balaban J connectivity index is 1.12. The number of aromatic hydroxyl groups is 2. The van der Waals surface area contributed by atoms with Crippen LogP contribution in [0.4, 0.5) is 5.69 Å². The van der Waals surface area contributed by atoms with E-state index < -0.39 is 17.1 Å². The van der Waals surface area contributed by atoms with Gasteiger partial charge in [-0.3, -0.25) is 4.90 Å². The molecule has 4 aromatic rings. The molecule has 4 atom stereocenters. The average molecular weight is 578 g/mol. The van der Waals surface area contributed by atoms with Gasteiger partial charge < -0.3 is 36.1 Å². The molecule has 1 aromatic heterocycles. The molecule has 0 radical (unpaired) electrons. The maximum atomic E-state index is 13.1. The second-order valence-corrected chi connectivity index (χ2v) is 13.2. The largest absolute Gasteiger partial charge is 0.508 e. The number of hydrogen-bond donors (Lipinski definition) is 6. The van der Waals surface area contributed by atoms with Gasteiger partial charge in [-0.2, -0.15) is 0 Å². The maximum absolute atomic E-state index is 13.1. The minimum absolute atomic E-state index is 0.0157. The molecule has 2 bridgehead atoms. The van der Waals surface area contributed by atoms with Gasteiger partial charge in [0.15, 0.2) is 23.6 Å². The molecule has 0 unspecified atom stereocenters. The first-order valence-corrected chi connectivity index (χ1v) is 15.3. The highest BCUT2D eigenvalue weighted by Crippen LogP contribution is 2.69. The lowest BCUT2D eigenvalue weighted by atomic mass is 9.49. The number of piperidine rings is 1. The van der Waals surface area contributed by atoms with Gasteiger partial charge in [0.2, 0.25) is 0 Å². The number of fused-ring (bicyclic) bond motifs is 4. The van der Waals surface area contributed by atoms with Crippen molar-refractivity contribution in [3.05, 3.63) is 82.5 Å². The van der Waals surface area contributed by atoms with Crippen LogP contribution in [0.15, 0.2) is 59.6 Å². The first kappa shape index (κ1) is 25.3. The summed E-state index contributed by atoms with van der Waals surface area (Å²) in [6, 6.07) is 16.8. The van der Waals surface area contributed by atoms with Crippen molar-refractivity contribution in [3.63, 3.8) is 0 Å². The molecule has 1 spiro atoms. The monoisotopic (exact) mass is 577 g/mol. The van der Waals surface area contributed by atoms with Crippen molar-refractivity contribution < 1.29 is 20.1 Å². The number of nitrogens with one attached hydrogen (secondary N) is 2. The Morgan fingerprint density at radius 3 is 2.77 bits per heavy atom. The Morgan fingerprint density at radius 1 is 1.12 bits per heavy atom. The number of anilines is 1. The van der Waals surface area contributed by atoms with Crippen LogP contribution in [0.25, 0.3) is 10.9 Å². The molecule has 9 rings (SSSR count). The molecule has 0 amide bonds. The zero-order valence-corrected chi connectivity index (χ0v) is 23.8. The molecule has 7 N–H and O–H groups in total. The Hall–Kier alpha value is -4.21. The molecule has 9 nitrogen and oxygen atoms in total. The number of aromatic amines is 1. The summed E-state index contributed by atoms with van der Waals surface area (Å²) >= 11 is 0. The van der Waals surface area contributed by atoms with E-state index in [4.69, 9.17) is 10.5 Å². The lowest BCUT2D eigenvalue weighted by molar-refractivity contribution is -0.173. The number of hydrogen-bond acceptors (Lipinski definition) is 6. The Morgan fingerprint density at radius 2 is 1.95 bits per heavy atom. The van der Waals surface area contributed by atoms with Crippen LogP contribution >= 0.6 is 0 Å². The van der Waals surface area contributed by atoms with Gasteiger partial charge >= 0.3 is 0 Å². The van der Waals surface area contributed by atoms with Crippen LogP contribution in [0.2, 0.25) is 0 Å². The molecule has 5 aliphatic rings. The molecule has 3 aliphatic carbocycles. The lowest BCUT2D eigenvalue weighted by Crippen LogP contribution is -2.74. The predicted molar refractivity (Wildman–Crippen MR) is 164 cm³/mol. The topological polar surface area (TPSA) is 139 Å². The van der Waals surface area contributed by atoms with E-state index in [-0.39, 0.29) is 17.5 Å². The number of ether oxygens (including phenoxy) is 1. The Bertz CT molecular complexity index is 1830. The van der Waals surface area contributed by atoms with E-state index in [2.05, 4.69) is 26.3 Å². The van der Waals surface area contributed by atoms with Crippen LogP contribution in [0.3, 0.4) is 0 Å². The van der Waals surface area contributed by atoms with Crippen molar-refractivity contribution in [3.8, 4) is 17.2 Å². The van der Waals surface area contributed by atoms with E-state index in [0.717, 1.165) is 70.8 Å². The number of guanidine groups is 1. The quantitative estimate of drug-likeness (QED) is 0.154. The summed E-state index contributed by atoms with van der Waals surface area (Å²) in [5.41, 5.74) is 11.6. The first-order valence-electron chi connectivity index (χ1n) is 15.3. The third-order valence-electron chi connectivity index (χ3n) is 10.8. The van der Waals surface area contributed by atoms with Gasteiger partial charge in [-0.05, 0) is 91.2 Å². The number of phenolic OH excluding ortho intramolecular Hbond substituents is 2. The Labute approximate surface area is 249 Å². The van der Waals surface area contributed by atoms with Crippen LogP contribution in [0.5, 0.6) is 17.2 Å². The van der Waals surface area contributed by atoms with Gasteiger partial charge in [-0.15, -0.1) is 0 Å². The molecule has 220 valence electrons. The second kappa shape index (κ2) is 8.67. The minimum atomic E-state index is -1.03.